The Balaban J connectivity index is 4.45. The maximum absolute atomic E-state index is 11.0. The number of rotatable bonds is 3. The van der Waals surface area contributed by atoms with Crippen molar-refractivity contribution in [2.24, 2.45) is 0 Å². The molecule has 0 heterocycles. The second-order valence-corrected chi connectivity index (χ2v) is 2.27. The monoisotopic (exact) mass is 168 g/mol. The van der Waals surface area contributed by atoms with E-state index in [1.165, 1.54) is 7.11 Å². The van der Waals surface area contributed by atoms with E-state index >= 15 is 0 Å². The van der Waals surface area contributed by atoms with Crippen molar-refractivity contribution in [2.45, 2.75) is 0 Å². The first-order chi connectivity index (χ1) is 5.61. The Morgan fingerprint density at radius 2 is 2.25 bits per heavy atom. The van der Waals surface area contributed by atoms with E-state index in [-0.39, 0.29) is 5.70 Å². The van der Waals surface area contributed by atoms with E-state index in [1.807, 2.05) is 0 Å². The molecule has 4 nitrogen and oxygen atoms in total. The van der Waals surface area contributed by atoms with Gasteiger partial charge in [-0.3, -0.25) is 0 Å². The van der Waals surface area contributed by atoms with Crippen LogP contribution in [0.3, 0.4) is 0 Å². The maximum atomic E-state index is 11.0. The summed E-state index contributed by atoms with van der Waals surface area (Å²) in [7, 11) is 4.85. The largest absolute Gasteiger partial charge is 0.464 e. The molecule has 0 saturated carbocycles. The number of methoxy groups -OCH3 is 1. The van der Waals surface area contributed by atoms with Crippen molar-refractivity contribution in [2.75, 3.05) is 21.2 Å². The summed E-state index contributed by atoms with van der Waals surface area (Å²) in [5.74, 6) is -0.485. The number of ether oxygens (including phenoxy) is 1. The predicted molar refractivity (Wildman–Crippen MR) is 45.8 cm³/mol. The predicted octanol–water partition coefficient (Wildman–Crippen LogP) is -0.257. The molecule has 0 saturated heterocycles. The van der Waals surface area contributed by atoms with Crippen LogP contribution in [0, 0.1) is 12.5 Å². The molecule has 0 unspecified atom stereocenters. The Morgan fingerprint density at radius 3 is 2.58 bits per heavy atom. The van der Waals surface area contributed by atoms with Crippen molar-refractivity contribution < 1.29 is 9.53 Å². The van der Waals surface area contributed by atoms with Gasteiger partial charge < -0.3 is 15.0 Å². The molecule has 0 aromatic carbocycles. The second kappa shape index (κ2) is 5.08. The SMILES string of the molecule is C#CN/C(=C\N(C)C)C(=O)OC. The smallest absolute Gasteiger partial charge is 0.356 e. The first kappa shape index (κ1) is 10.4. The zero-order valence-electron chi connectivity index (χ0n) is 7.42. The summed E-state index contributed by atoms with van der Waals surface area (Å²) in [6.07, 6.45) is 6.52. The normalized spacial score (nSPS) is 10.0. The molecule has 0 aliphatic heterocycles. The van der Waals surface area contributed by atoms with Crippen LogP contribution in [-0.4, -0.2) is 32.1 Å². The van der Waals surface area contributed by atoms with Crippen LogP contribution in [0.2, 0.25) is 0 Å². The van der Waals surface area contributed by atoms with Crippen LogP contribution in [0.1, 0.15) is 0 Å². The Morgan fingerprint density at radius 1 is 1.67 bits per heavy atom. The highest BCUT2D eigenvalue weighted by atomic mass is 16.5. The van der Waals surface area contributed by atoms with Crippen LogP contribution >= 0.6 is 0 Å². The van der Waals surface area contributed by atoms with Gasteiger partial charge in [-0.2, -0.15) is 0 Å². The number of terminal acetylenes is 1. The van der Waals surface area contributed by atoms with E-state index in [0.717, 1.165) is 0 Å². The Bertz CT molecular complexity index is 226. The third-order valence-corrected chi connectivity index (χ3v) is 0.999. The van der Waals surface area contributed by atoms with E-state index < -0.39 is 5.97 Å². The van der Waals surface area contributed by atoms with Crippen LogP contribution in [-0.2, 0) is 9.53 Å². The summed E-state index contributed by atoms with van der Waals surface area (Å²) in [5, 5.41) is 2.44. The Hall–Kier alpha value is -1.63. The average Bonchev–Trinajstić information content (AvgIpc) is 2.01. The maximum Gasteiger partial charge on any atom is 0.356 e. The van der Waals surface area contributed by atoms with Crippen LogP contribution in [0.25, 0.3) is 0 Å². The summed E-state index contributed by atoms with van der Waals surface area (Å²) in [5.41, 5.74) is 0.241. The lowest BCUT2D eigenvalue weighted by molar-refractivity contribution is -0.136. The molecule has 0 aromatic rings. The van der Waals surface area contributed by atoms with E-state index in [1.54, 1.807) is 25.2 Å². The average molecular weight is 168 g/mol. The summed E-state index contributed by atoms with van der Waals surface area (Å²) in [4.78, 5) is 12.7. The molecule has 0 aliphatic rings. The first-order valence-corrected chi connectivity index (χ1v) is 3.30. The van der Waals surface area contributed by atoms with Crippen LogP contribution in [0.5, 0.6) is 0 Å². The molecule has 0 bridgehead atoms. The van der Waals surface area contributed by atoms with Gasteiger partial charge in [0.05, 0.1) is 7.11 Å². The zero-order valence-corrected chi connectivity index (χ0v) is 7.42. The van der Waals surface area contributed by atoms with Crippen molar-refractivity contribution >= 4 is 5.97 Å². The quantitative estimate of drug-likeness (QED) is 0.273. The van der Waals surface area contributed by atoms with Crippen molar-refractivity contribution in [1.29, 1.82) is 0 Å². The minimum absolute atomic E-state index is 0.241. The molecule has 0 radical (unpaired) electrons. The molecule has 0 aromatic heterocycles. The molecule has 0 aliphatic carbocycles. The van der Waals surface area contributed by atoms with E-state index in [4.69, 9.17) is 6.42 Å². The minimum Gasteiger partial charge on any atom is -0.464 e. The van der Waals surface area contributed by atoms with E-state index in [2.05, 4.69) is 16.1 Å². The highest BCUT2D eigenvalue weighted by Crippen LogP contribution is 1.92. The summed E-state index contributed by atoms with van der Waals surface area (Å²) in [6.45, 7) is 0. The zero-order chi connectivity index (χ0) is 9.56. The fourth-order valence-corrected chi connectivity index (χ4v) is 0.582. The van der Waals surface area contributed by atoms with Crippen molar-refractivity contribution in [3.63, 3.8) is 0 Å². The fraction of sp³-hybridized carbons (Fsp3) is 0.375. The van der Waals surface area contributed by atoms with Gasteiger partial charge in [0.15, 0.2) is 0 Å². The lowest BCUT2D eigenvalue weighted by atomic mass is 10.4. The van der Waals surface area contributed by atoms with E-state index in [0.29, 0.717) is 0 Å². The molecule has 0 amide bonds. The molecule has 0 atom stereocenters. The number of hydrogen-bond acceptors (Lipinski definition) is 4. The molecule has 12 heavy (non-hydrogen) atoms. The van der Waals surface area contributed by atoms with Gasteiger partial charge in [0.2, 0.25) is 0 Å². The molecular weight excluding hydrogens is 156 g/mol. The number of nitrogens with zero attached hydrogens (tertiary/aromatic N) is 1. The Kier molecular flexibility index (Phi) is 4.39. The summed E-state index contributed by atoms with van der Waals surface area (Å²) in [6, 6.07) is 2.14. The fourth-order valence-electron chi connectivity index (χ4n) is 0.582. The topological polar surface area (TPSA) is 41.6 Å². The third-order valence-electron chi connectivity index (χ3n) is 0.999. The van der Waals surface area contributed by atoms with Gasteiger partial charge in [0, 0.05) is 26.3 Å². The van der Waals surface area contributed by atoms with Gasteiger partial charge >= 0.3 is 5.97 Å². The highest BCUT2D eigenvalue weighted by Gasteiger charge is 2.07. The molecule has 66 valence electrons. The van der Waals surface area contributed by atoms with Gasteiger partial charge in [-0.05, 0) is 0 Å². The van der Waals surface area contributed by atoms with E-state index in [9.17, 15) is 4.79 Å². The van der Waals surface area contributed by atoms with Crippen molar-refractivity contribution in [1.82, 2.24) is 10.2 Å². The van der Waals surface area contributed by atoms with Gasteiger partial charge in [0.1, 0.15) is 5.70 Å². The summed E-state index contributed by atoms with van der Waals surface area (Å²) < 4.78 is 4.47. The second-order valence-electron chi connectivity index (χ2n) is 2.27. The first-order valence-electron chi connectivity index (χ1n) is 3.30. The lowest BCUT2D eigenvalue weighted by Crippen LogP contribution is -2.20. The van der Waals surface area contributed by atoms with Crippen LogP contribution in [0.4, 0.5) is 0 Å². The number of carbonyl (C=O) groups excluding carboxylic acids is 1. The standard InChI is InChI=1S/C8H12N2O2/c1-5-9-7(6-10(2)3)8(11)12-4/h1,6,9H,2-4H3/b7-6-. The summed E-state index contributed by atoms with van der Waals surface area (Å²) >= 11 is 0. The van der Waals surface area contributed by atoms with Crippen molar-refractivity contribution in [3.8, 4) is 12.5 Å². The molecular formula is C8H12N2O2. The van der Waals surface area contributed by atoms with Gasteiger partial charge in [-0.15, -0.1) is 0 Å². The van der Waals surface area contributed by atoms with Crippen LogP contribution in [0.15, 0.2) is 11.9 Å². The van der Waals surface area contributed by atoms with Crippen molar-refractivity contribution in [3.05, 3.63) is 11.9 Å². The molecule has 1 N–H and O–H groups in total. The minimum atomic E-state index is -0.485. The number of nitrogens with one attached hydrogen (secondary N) is 1. The Labute approximate surface area is 72.2 Å². The van der Waals surface area contributed by atoms with Gasteiger partial charge in [-0.1, -0.05) is 6.42 Å². The third kappa shape index (κ3) is 3.52. The van der Waals surface area contributed by atoms with Gasteiger partial charge in [-0.25, -0.2) is 4.79 Å². The molecule has 0 spiro atoms. The molecule has 4 heteroatoms. The molecule has 0 rings (SSSR count). The highest BCUT2D eigenvalue weighted by molar-refractivity contribution is 5.87. The number of esters is 1. The number of carbonyl (C=O) groups is 1. The lowest BCUT2D eigenvalue weighted by Gasteiger charge is -2.08. The van der Waals surface area contributed by atoms with Crippen LogP contribution < -0.4 is 5.32 Å². The number of hydrogen-bond donors (Lipinski definition) is 1. The van der Waals surface area contributed by atoms with Gasteiger partial charge in [0.25, 0.3) is 0 Å². The molecule has 0 fully saturated rings.